The van der Waals surface area contributed by atoms with E-state index in [1.807, 2.05) is 6.92 Å². The van der Waals surface area contributed by atoms with Crippen LogP contribution in [0.1, 0.15) is 44.0 Å². The summed E-state index contributed by atoms with van der Waals surface area (Å²) < 4.78 is 0. The quantitative estimate of drug-likeness (QED) is 0.803. The summed E-state index contributed by atoms with van der Waals surface area (Å²) in [7, 11) is 0. The lowest BCUT2D eigenvalue weighted by atomic mass is 9.99. The summed E-state index contributed by atoms with van der Waals surface area (Å²) >= 11 is 6.32. The number of rotatable bonds is 3. The van der Waals surface area contributed by atoms with Gasteiger partial charge in [-0.3, -0.25) is 4.90 Å². The first-order chi connectivity index (χ1) is 10.2. The van der Waals surface area contributed by atoms with Crippen molar-refractivity contribution >= 4 is 17.4 Å². The fourth-order valence-corrected chi connectivity index (χ4v) is 3.69. The van der Waals surface area contributed by atoms with Crippen molar-refractivity contribution in [3.8, 4) is 0 Å². The van der Waals surface area contributed by atoms with Crippen LogP contribution >= 0.6 is 11.6 Å². The molecule has 2 aliphatic rings. The van der Waals surface area contributed by atoms with Gasteiger partial charge in [0.25, 0.3) is 0 Å². The number of anilines is 1. The van der Waals surface area contributed by atoms with E-state index in [2.05, 4.69) is 21.7 Å². The third-order valence-electron chi connectivity index (χ3n) is 4.72. The van der Waals surface area contributed by atoms with Crippen LogP contribution in [0.5, 0.6) is 0 Å². The highest BCUT2D eigenvalue weighted by molar-refractivity contribution is 6.30. The smallest absolute Gasteiger partial charge is 0.137 e. The van der Waals surface area contributed by atoms with Crippen molar-refractivity contribution in [2.45, 2.75) is 52.0 Å². The molecule has 1 unspecified atom stereocenters. The Morgan fingerprint density at radius 1 is 1.19 bits per heavy atom. The molecular weight excluding hydrogens is 284 g/mol. The molecule has 0 aromatic carbocycles. The molecule has 1 atom stereocenters. The van der Waals surface area contributed by atoms with Gasteiger partial charge in [0.15, 0.2) is 0 Å². The number of halogens is 1. The molecular formula is C16H25ClN4. The second kappa shape index (κ2) is 6.49. The second-order valence-electron chi connectivity index (χ2n) is 6.26. The van der Waals surface area contributed by atoms with Crippen LogP contribution in [-0.2, 0) is 6.42 Å². The summed E-state index contributed by atoms with van der Waals surface area (Å²) in [5, 5.41) is 0.620. The van der Waals surface area contributed by atoms with Gasteiger partial charge in [0.2, 0.25) is 0 Å². The minimum Gasteiger partial charge on any atom is -0.353 e. The van der Waals surface area contributed by atoms with Gasteiger partial charge in [-0.25, -0.2) is 9.97 Å². The highest BCUT2D eigenvalue weighted by Crippen LogP contribution is 2.28. The molecule has 2 aliphatic heterocycles. The van der Waals surface area contributed by atoms with Crippen molar-refractivity contribution in [3.63, 3.8) is 0 Å². The van der Waals surface area contributed by atoms with Crippen LogP contribution in [0.2, 0.25) is 5.15 Å². The number of nitrogens with zero attached hydrogens (tertiary/aromatic N) is 4. The van der Waals surface area contributed by atoms with Crippen LogP contribution in [-0.4, -0.2) is 47.1 Å². The standard InChI is InChI=1S/C16H25ClN4/c1-3-6-14-18-15(17)12(2)16(19-14)21-10-9-20-8-5-4-7-13(20)11-21/h13H,3-11H2,1-2H3. The molecule has 0 bridgehead atoms. The van der Waals surface area contributed by atoms with E-state index >= 15 is 0 Å². The van der Waals surface area contributed by atoms with Gasteiger partial charge in [0.1, 0.15) is 16.8 Å². The SMILES string of the molecule is CCCc1nc(Cl)c(C)c(N2CCN3CCCCC3C2)n1. The molecule has 2 saturated heterocycles. The molecule has 0 amide bonds. The van der Waals surface area contributed by atoms with Gasteiger partial charge >= 0.3 is 0 Å². The molecule has 0 radical (unpaired) electrons. The second-order valence-corrected chi connectivity index (χ2v) is 6.62. The largest absolute Gasteiger partial charge is 0.353 e. The van der Waals surface area contributed by atoms with Crippen LogP contribution < -0.4 is 4.90 Å². The highest BCUT2D eigenvalue weighted by atomic mass is 35.5. The van der Waals surface area contributed by atoms with Gasteiger partial charge in [-0.05, 0) is 32.7 Å². The zero-order valence-electron chi connectivity index (χ0n) is 13.1. The van der Waals surface area contributed by atoms with E-state index in [1.165, 1.54) is 25.8 Å². The maximum absolute atomic E-state index is 6.32. The third kappa shape index (κ3) is 3.16. The van der Waals surface area contributed by atoms with Gasteiger partial charge < -0.3 is 4.90 Å². The number of aromatic nitrogens is 2. The summed E-state index contributed by atoms with van der Waals surface area (Å²) in [4.78, 5) is 14.3. The van der Waals surface area contributed by atoms with E-state index in [1.54, 1.807) is 0 Å². The van der Waals surface area contributed by atoms with E-state index in [-0.39, 0.29) is 0 Å². The Hall–Kier alpha value is -0.870. The zero-order valence-corrected chi connectivity index (χ0v) is 13.9. The predicted molar refractivity (Wildman–Crippen MR) is 87.2 cm³/mol. The fourth-order valence-electron chi connectivity index (χ4n) is 3.51. The Kier molecular flexibility index (Phi) is 4.65. The molecule has 3 rings (SSSR count). The first-order valence-corrected chi connectivity index (χ1v) is 8.59. The van der Waals surface area contributed by atoms with Gasteiger partial charge in [0, 0.05) is 37.7 Å². The van der Waals surface area contributed by atoms with Crippen LogP contribution in [0.3, 0.4) is 0 Å². The fraction of sp³-hybridized carbons (Fsp3) is 0.750. The molecule has 0 saturated carbocycles. The summed E-state index contributed by atoms with van der Waals surface area (Å²) in [6, 6.07) is 0.690. The number of fused-ring (bicyclic) bond motifs is 1. The van der Waals surface area contributed by atoms with Crippen molar-refractivity contribution in [2.75, 3.05) is 31.1 Å². The molecule has 3 heterocycles. The minimum absolute atomic E-state index is 0.620. The molecule has 2 fully saturated rings. The third-order valence-corrected chi connectivity index (χ3v) is 5.09. The number of piperazine rings is 1. The highest BCUT2D eigenvalue weighted by Gasteiger charge is 2.30. The van der Waals surface area contributed by atoms with Crippen molar-refractivity contribution in [1.29, 1.82) is 0 Å². The lowest BCUT2D eigenvalue weighted by Gasteiger charge is -2.44. The van der Waals surface area contributed by atoms with Crippen LogP contribution in [0, 0.1) is 6.92 Å². The number of aryl methyl sites for hydroxylation is 1. The van der Waals surface area contributed by atoms with Crippen molar-refractivity contribution in [1.82, 2.24) is 14.9 Å². The summed E-state index contributed by atoms with van der Waals surface area (Å²) in [6.07, 6.45) is 5.98. The molecule has 0 N–H and O–H groups in total. The molecule has 116 valence electrons. The molecule has 5 heteroatoms. The van der Waals surface area contributed by atoms with E-state index < -0.39 is 0 Å². The minimum atomic E-state index is 0.620. The molecule has 1 aromatic heterocycles. The Bertz CT molecular complexity index is 505. The predicted octanol–water partition coefficient (Wildman–Crippen LogP) is 3.07. The Morgan fingerprint density at radius 2 is 2.05 bits per heavy atom. The normalized spacial score (nSPS) is 23.2. The van der Waals surface area contributed by atoms with Gasteiger partial charge in [-0.15, -0.1) is 0 Å². The van der Waals surface area contributed by atoms with Gasteiger partial charge in [-0.2, -0.15) is 0 Å². The van der Waals surface area contributed by atoms with Crippen molar-refractivity contribution in [2.24, 2.45) is 0 Å². The Balaban J connectivity index is 1.82. The molecule has 21 heavy (non-hydrogen) atoms. The van der Waals surface area contributed by atoms with E-state index in [9.17, 15) is 0 Å². The number of piperidine rings is 1. The van der Waals surface area contributed by atoms with E-state index in [0.29, 0.717) is 11.2 Å². The van der Waals surface area contributed by atoms with Gasteiger partial charge in [-0.1, -0.05) is 24.9 Å². The van der Waals surface area contributed by atoms with Crippen molar-refractivity contribution < 1.29 is 0 Å². The van der Waals surface area contributed by atoms with Crippen molar-refractivity contribution in [3.05, 3.63) is 16.5 Å². The molecule has 0 spiro atoms. The Morgan fingerprint density at radius 3 is 2.86 bits per heavy atom. The van der Waals surface area contributed by atoms with Gasteiger partial charge in [0.05, 0.1) is 0 Å². The van der Waals surface area contributed by atoms with Crippen LogP contribution in [0.25, 0.3) is 0 Å². The van der Waals surface area contributed by atoms with E-state index in [4.69, 9.17) is 16.6 Å². The maximum atomic E-state index is 6.32. The zero-order chi connectivity index (χ0) is 14.8. The average Bonchev–Trinajstić information content (AvgIpc) is 2.50. The maximum Gasteiger partial charge on any atom is 0.137 e. The first kappa shape index (κ1) is 15.0. The lowest BCUT2D eigenvalue weighted by Crippen LogP contribution is -2.55. The summed E-state index contributed by atoms with van der Waals surface area (Å²) in [5.74, 6) is 1.94. The Labute approximate surface area is 132 Å². The summed E-state index contributed by atoms with van der Waals surface area (Å²) in [6.45, 7) is 8.74. The summed E-state index contributed by atoms with van der Waals surface area (Å²) in [5.41, 5.74) is 1.03. The van der Waals surface area contributed by atoms with Crippen LogP contribution in [0.4, 0.5) is 5.82 Å². The van der Waals surface area contributed by atoms with Crippen LogP contribution in [0.15, 0.2) is 0 Å². The lowest BCUT2D eigenvalue weighted by molar-refractivity contribution is 0.133. The molecule has 1 aromatic rings. The monoisotopic (exact) mass is 308 g/mol. The average molecular weight is 309 g/mol. The first-order valence-electron chi connectivity index (χ1n) is 8.21. The molecule has 4 nitrogen and oxygen atoms in total. The van der Waals surface area contributed by atoms with E-state index in [0.717, 1.165) is 49.7 Å². The number of hydrogen-bond donors (Lipinski definition) is 0. The topological polar surface area (TPSA) is 32.3 Å². The molecule has 0 aliphatic carbocycles. The number of hydrogen-bond acceptors (Lipinski definition) is 4.